The first-order valence-corrected chi connectivity index (χ1v) is 2.31. The van der Waals surface area contributed by atoms with E-state index in [1.54, 1.807) is 0 Å². The van der Waals surface area contributed by atoms with Crippen molar-refractivity contribution in [2.24, 2.45) is 10.2 Å². The maximum absolute atomic E-state index is 10.4. The number of carbonyl (C=O) groups excluding carboxylic acids is 1. The van der Waals surface area contributed by atoms with Gasteiger partial charge >= 0.3 is 0 Å². The molecule has 7 nitrogen and oxygen atoms in total. The van der Waals surface area contributed by atoms with E-state index >= 15 is 0 Å². The van der Waals surface area contributed by atoms with Crippen LogP contribution in [0.2, 0.25) is 0 Å². The average Bonchev–Trinajstić information content (AvgIpc) is 1.87. The molecule has 0 N–H and O–H groups in total. The zero-order chi connectivity index (χ0) is 7.98. The normalized spacial score (nSPS) is 10.5. The van der Waals surface area contributed by atoms with Crippen molar-refractivity contribution in [1.29, 1.82) is 0 Å². The standard InChI is InChI=1S/C3H4N6O/c1-2(10)3(6-8-4)7-9-5/h3H,1H3. The first kappa shape index (κ1) is 8.29. The van der Waals surface area contributed by atoms with E-state index in [9.17, 15) is 4.79 Å². The number of rotatable bonds is 3. The fourth-order valence-electron chi connectivity index (χ4n) is 0.284. The van der Waals surface area contributed by atoms with Gasteiger partial charge in [0.25, 0.3) is 0 Å². The van der Waals surface area contributed by atoms with E-state index in [1.165, 1.54) is 6.92 Å². The van der Waals surface area contributed by atoms with E-state index in [-0.39, 0.29) is 0 Å². The molecule has 0 heterocycles. The summed E-state index contributed by atoms with van der Waals surface area (Å²) < 4.78 is 0. The molecule has 52 valence electrons. The van der Waals surface area contributed by atoms with Crippen LogP contribution in [-0.2, 0) is 4.79 Å². The third-order valence-electron chi connectivity index (χ3n) is 0.686. The molecule has 0 saturated heterocycles. The molecule has 0 fully saturated rings. The minimum Gasteiger partial charge on any atom is -0.299 e. The molecule has 0 bridgehead atoms. The van der Waals surface area contributed by atoms with E-state index in [4.69, 9.17) is 11.1 Å². The second kappa shape index (κ2) is 4.20. The molecule has 0 radical (unpaired) electrons. The number of ketones is 1. The monoisotopic (exact) mass is 140 g/mol. The zero-order valence-corrected chi connectivity index (χ0v) is 5.17. The largest absolute Gasteiger partial charge is 0.299 e. The van der Waals surface area contributed by atoms with Gasteiger partial charge in [0.15, 0.2) is 6.17 Å². The van der Waals surface area contributed by atoms with Crippen molar-refractivity contribution in [2.45, 2.75) is 13.1 Å². The van der Waals surface area contributed by atoms with Gasteiger partial charge in [-0.3, -0.25) is 4.79 Å². The van der Waals surface area contributed by atoms with E-state index in [1.807, 2.05) is 0 Å². The Morgan fingerprint density at radius 1 is 1.40 bits per heavy atom. The lowest BCUT2D eigenvalue weighted by Gasteiger charge is -1.92. The van der Waals surface area contributed by atoms with Gasteiger partial charge in [0.2, 0.25) is 0 Å². The quantitative estimate of drug-likeness (QED) is 0.330. The molecule has 0 aromatic carbocycles. The highest BCUT2D eigenvalue weighted by atomic mass is 16.1. The fraction of sp³-hybridized carbons (Fsp3) is 0.667. The van der Waals surface area contributed by atoms with Gasteiger partial charge in [-0.15, -0.1) is 0 Å². The van der Waals surface area contributed by atoms with Gasteiger partial charge in [-0.05, 0) is 18.0 Å². The Balaban J connectivity index is 4.40. The molecule has 7 heteroatoms. The molecule has 10 heavy (non-hydrogen) atoms. The van der Waals surface area contributed by atoms with Crippen LogP contribution in [0.15, 0.2) is 10.2 Å². The fourth-order valence-corrected chi connectivity index (χ4v) is 0.284. The first-order chi connectivity index (χ1) is 4.72. The molecule has 0 aromatic heterocycles. The Morgan fingerprint density at radius 3 is 2.00 bits per heavy atom. The molecule has 0 spiro atoms. The van der Waals surface area contributed by atoms with Crippen molar-refractivity contribution in [3.63, 3.8) is 0 Å². The summed E-state index contributed by atoms with van der Waals surface area (Å²) in [5.41, 5.74) is 15.7. The van der Waals surface area contributed by atoms with Gasteiger partial charge in [-0.1, -0.05) is 10.2 Å². The van der Waals surface area contributed by atoms with E-state index in [0.29, 0.717) is 0 Å². The molecule has 0 rings (SSSR count). The van der Waals surface area contributed by atoms with Crippen molar-refractivity contribution in [1.82, 2.24) is 0 Å². The van der Waals surface area contributed by atoms with Crippen LogP contribution in [0.5, 0.6) is 0 Å². The molecular weight excluding hydrogens is 136 g/mol. The molecule has 0 aliphatic carbocycles. The highest BCUT2D eigenvalue weighted by molar-refractivity contribution is 5.81. The summed E-state index contributed by atoms with van der Waals surface area (Å²) in [5.74, 6) is -0.476. The van der Waals surface area contributed by atoms with Crippen LogP contribution in [0, 0.1) is 0 Å². The van der Waals surface area contributed by atoms with Gasteiger partial charge in [-0.2, -0.15) is 0 Å². The van der Waals surface area contributed by atoms with Gasteiger partial charge in [0.1, 0.15) is 5.78 Å². The summed E-state index contributed by atoms with van der Waals surface area (Å²) in [6.07, 6.45) is -1.24. The SMILES string of the molecule is CC(=O)C(N=[N+]=[N-])N=[N+]=[N-]. The van der Waals surface area contributed by atoms with Crippen LogP contribution in [-0.4, -0.2) is 11.9 Å². The Labute approximate surface area is 55.9 Å². The molecular formula is C3H4N6O. The van der Waals surface area contributed by atoms with E-state index in [2.05, 4.69) is 20.1 Å². The molecule has 0 unspecified atom stereocenters. The lowest BCUT2D eigenvalue weighted by Crippen LogP contribution is -2.09. The van der Waals surface area contributed by atoms with Crippen molar-refractivity contribution >= 4 is 5.78 Å². The number of azide groups is 1. The Bertz CT molecular complexity index is 200. The lowest BCUT2D eigenvalue weighted by atomic mass is 10.4. The Kier molecular flexibility index (Phi) is 3.48. The molecule has 0 saturated carbocycles. The lowest BCUT2D eigenvalue weighted by molar-refractivity contribution is -0.118. The average molecular weight is 140 g/mol. The maximum Gasteiger partial charge on any atom is 0.174 e. The topological polar surface area (TPSA) is 115 Å². The summed E-state index contributed by atoms with van der Waals surface area (Å²) in [7, 11) is 0. The number of Topliss-reactive ketones (excluding diaryl/α,β-unsaturated/α-hetero) is 1. The molecule has 0 atom stereocenters. The summed E-state index contributed by atoms with van der Waals surface area (Å²) >= 11 is 0. The summed E-state index contributed by atoms with van der Waals surface area (Å²) in [6, 6.07) is 0. The van der Waals surface area contributed by atoms with Crippen LogP contribution < -0.4 is 0 Å². The molecule has 0 aliphatic rings. The Morgan fingerprint density at radius 2 is 1.80 bits per heavy atom. The van der Waals surface area contributed by atoms with E-state index in [0.717, 1.165) is 0 Å². The van der Waals surface area contributed by atoms with E-state index < -0.39 is 11.9 Å². The van der Waals surface area contributed by atoms with Crippen molar-refractivity contribution < 1.29 is 4.79 Å². The zero-order valence-electron chi connectivity index (χ0n) is 5.17. The smallest absolute Gasteiger partial charge is 0.174 e. The summed E-state index contributed by atoms with van der Waals surface area (Å²) in [6.45, 7) is 1.17. The summed E-state index contributed by atoms with van der Waals surface area (Å²) in [5, 5.41) is 5.85. The van der Waals surface area contributed by atoms with Gasteiger partial charge in [-0.25, -0.2) is 0 Å². The number of hydrogen-bond acceptors (Lipinski definition) is 3. The number of nitrogens with zero attached hydrogens (tertiary/aromatic N) is 6. The van der Waals surface area contributed by atoms with Crippen molar-refractivity contribution in [3.05, 3.63) is 20.9 Å². The van der Waals surface area contributed by atoms with Crippen LogP contribution in [0.1, 0.15) is 6.92 Å². The first-order valence-electron chi connectivity index (χ1n) is 2.31. The highest BCUT2D eigenvalue weighted by Crippen LogP contribution is 1.94. The molecule has 0 aromatic rings. The molecule has 0 amide bonds. The summed E-state index contributed by atoms with van der Waals surface area (Å²) in [4.78, 5) is 15.0. The van der Waals surface area contributed by atoms with Crippen molar-refractivity contribution in [2.75, 3.05) is 0 Å². The van der Waals surface area contributed by atoms with Crippen LogP contribution in [0.4, 0.5) is 0 Å². The predicted molar refractivity (Wildman–Crippen MR) is 32.8 cm³/mol. The minimum absolute atomic E-state index is 0.476. The predicted octanol–water partition coefficient (Wildman–Crippen LogP) is 1.52. The van der Waals surface area contributed by atoms with Gasteiger partial charge in [0, 0.05) is 9.82 Å². The number of hydrogen-bond donors (Lipinski definition) is 0. The Hall–Kier alpha value is -1.71. The third kappa shape index (κ3) is 2.56. The van der Waals surface area contributed by atoms with Gasteiger partial charge in [0.05, 0.1) is 0 Å². The highest BCUT2D eigenvalue weighted by Gasteiger charge is 2.07. The van der Waals surface area contributed by atoms with Crippen LogP contribution in [0.3, 0.4) is 0 Å². The third-order valence-corrected chi connectivity index (χ3v) is 0.686. The van der Waals surface area contributed by atoms with Crippen LogP contribution >= 0.6 is 0 Å². The second-order valence-electron chi connectivity index (χ2n) is 1.39. The van der Waals surface area contributed by atoms with Crippen LogP contribution in [0.25, 0.3) is 20.9 Å². The van der Waals surface area contributed by atoms with Gasteiger partial charge < -0.3 is 0 Å². The second-order valence-corrected chi connectivity index (χ2v) is 1.39. The number of carbonyl (C=O) groups is 1. The molecule has 0 aliphatic heterocycles. The van der Waals surface area contributed by atoms with Crippen molar-refractivity contribution in [3.8, 4) is 0 Å². The minimum atomic E-state index is -1.24. The maximum atomic E-state index is 10.4.